The third kappa shape index (κ3) is 3.80. The first-order valence-electron chi connectivity index (χ1n) is 9.64. The van der Waals surface area contributed by atoms with Gasteiger partial charge in [-0.25, -0.2) is 9.37 Å². The van der Waals surface area contributed by atoms with Crippen LogP contribution in [0.25, 0.3) is 0 Å². The van der Waals surface area contributed by atoms with Crippen molar-refractivity contribution in [2.24, 2.45) is 0 Å². The number of rotatable bonds is 4. The predicted octanol–water partition coefficient (Wildman–Crippen LogP) is 5.50. The lowest BCUT2D eigenvalue weighted by Crippen LogP contribution is -2.16. The van der Waals surface area contributed by atoms with Crippen LogP contribution in [0.3, 0.4) is 0 Å². The van der Waals surface area contributed by atoms with E-state index in [1.54, 1.807) is 30.2 Å². The highest BCUT2D eigenvalue weighted by Gasteiger charge is 2.23. The lowest BCUT2D eigenvalue weighted by atomic mass is 9.96. The van der Waals surface area contributed by atoms with Gasteiger partial charge in [0.15, 0.2) is 0 Å². The molecule has 0 unspecified atom stereocenters. The fraction of sp³-hybridized carbons (Fsp3) is 0.273. The summed E-state index contributed by atoms with van der Waals surface area (Å²) >= 11 is 1.70. The maximum atomic E-state index is 13.7. The molecule has 0 atom stereocenters. The van der Waals surface area contributed by atoms with Crippen molar-refractivity contribution in [3.05, 3.63) is 66.4 Å². The Kier molecular flexibility index (Phi) is 5.08. The van der Waals surface area contributed by atoms with Crippen molar-refractivity contribution in [3.63, 3.8) is 0 Å². The number of fused-ring (bicyclic) bond motifs is 1. The van der Waals surface area contributed by atoms with Crippen LogP contribution in [0.1, 0.15) is 24.5 Å². The van der Waals surface area contributed by atoms with E-state index in [-0.39, 0.29) is 5.82 Å². The fourth-order valence-electron chi connectivity index (χ4n) is 3.71. The number of thioether (sulfide) groups is 1. The Hall–Kier alpha value is -2.64. The molecular formula is C22H20FN3O2S. The monoisotopic (exact) mass is 409 g/mol. The SMILES string of the molecule is Fc1ccc2c(c1)N(c1ccc(Oc3nccnc3C3CCOCC3)cc1)CS2. The Bertz CT molecular complexity index is 1010. The standard InChI is InChI=1S/C22H20FN3O2S/c23-16-1-6-20-19(13-16)26(14-29-20)17-2-4-18(5-3-17)28-22-21(24-9-10-25-22)15-7-11-27-12-8-15/h1-6,9-10,13,15H,7-8,11-12,14H2. The molecule has 1 saturated heterocycles. The van der Waals surface area contributed by atoms with Gasteiger partial charge in [0.2, 0.25) is 5.88 Å². The summed E-state index contributed by atoms with van der Waals surface area (Å²) in [5.41, 5.74) is 2.79. The normalized spacial score (nSPS) is 16.7. The van der Waals surface area contributed by atoms with E-state index in [4.69, 9.17) is 9.47 Å². The molecule has 1 fully saturated rings. The van der Waals surface area contributed by atoms with Crippen LogP contribution in [0.4, 0.5) is 15.8 Å². The average molecular weight is 409 g/mol. The van der Waals surface area contributed by atoms with Crippen LogP contribution in [-0.2, 0) is 4.74 Å². The highest BCUT2D eigenvalue weighted by molar-refractivity contribution is 7.99. The molecule has 1 aromatic heterocycles. The summed E-state index contributed by atoms with van der Waals surface area (Å²) in [4.78, 5) is 12.1. The first-order chi connectivity index (χ1) is 14.3. The summed E-state index contributed by atoms with van der Waals surface area (Å²) < 4.78 is 25.2. The van der Waals surface area contributed by atoms with Gasteiger partial charge in [0, 0.05) is 42.1 Å². The van der Waals surface area contributed by atoms with Crippen LogP contribution >= 0.6 is 11.8 Å². The van der Waals surface area contributed by atoms with Crippen molar-refractivity contribution in [2.45, 2.75) is 23.7 Å². The van der Waals surface area contributed by atoms with E-state index < -0.39 is 0 Å². The molecule has 2 aliphatic rings. The van der Waals surface area contributed by atoms with E-state index in [1.165, 1.54) is 6.07 Å². The van der Waals surface area contributed by atoms with E-state index in [1.807, 2.05) is 30.3 Å². The molecule has 2 aliphatic heterocycles. The Morgan fingerprint density at radius 1 is 1.03 bits per heavy atom. The van der Waals surface area contributed by atoms with Crippen molar-refractivity contribution < 1.29 is 13.9 Å². The Labute approximate surface area is 172 Å². The van der Waals surface area contributed by atoms with Crippen LogP contribution in [0.15, 0.2) is 59.8 Å². The van der Waals surface area contributed by atoms with Crippen molar-refractivity contribution in [1.82, 2.24) is 9.97 Å². The van der Waals surface area contributed by atoms with E-state index in [0.717, 1.165) is 53.9 Å². The van der Waals surface area contributed by atoms with Crippen LogP contribution in [0.5, 0.6) is 11.6 Å². The zero-order chi connectivity index (χ0) is 19.6. The third-order valence-electron chi connectivity index (χ3n) is 5.22. The zero-order valence-electron chi connectivity index (χ0n) is 15.8. The number of nitrogens with zero attached hydrogens (tertiary/aromatic N) is 3. The molecule has 29 heavy (non-hydrogen) atoms. The lowest BCUT2D eigenvalue weighted by molar-refractivity contribution is 0.0839. The molecule has 0 radical (unpaired) electrons. The second-order valence-electron chi connectivity index (χ2n) is 7.04. The molecule has 0 amide bonds. The van der Waals surface area contributed by atoms with Crippen molar-refractivity contribution in [2.75, 3.05) is 24.0 Å². The molecule has 5 nitrogen and oxygen atoms in total. The highest BCUT2D eigenvalue weighted by Crippen LogP contribution is 2.43. The Balaban J connectivity index is 1.36. The summed E-state index contributed by atoms with van der Waals surface area (Å²) in [6.45, 7) is 1.48. The highest BCUT2D eigenvalue weighted by atomic mass is 32.2. The summed E-state index contributed by atoms with van der Waals surface area (Å²) in [6.07, 6.45) is 5.22. The van der Waals surface area contributed by atoms with E-state index >= 15 is 0 Å². The third-order valence-corrected chi connectivity index (χ3v) is 6.27. The van der Waals surface area contributed by atoms with Gasteiger partial charge in [0.05, 0.1) is 11.6 Å². The maximum absolute atomic E-state index is 13.7. The van der Waals surface area contributed by atoms with E-state index in [2.05, 4.69) is 14.9 Å². The number of anilines is 2. The largest absolute Gasteiger partial charge is 0.437 e. The van der Waals surface area contributed by atoms with Crippen molar-refractivity contribution >= 4 is 23.1 Å². The van der Waals surface area contributed by atoms with Gasteiger partial charge < -0.3 is 14.4 Å². The number of benzene rings is 2. The maximum Gasteiger partial charge on any atom is 0.241 e. The van der Waals surface area contributed by atoms with Gasteiger partial charge in [0.25, 0.3) is 0 Å². The van der Waals surface area contributed by atoms with E-state index in [0.29, 0.717) is 17.5 Å². The number of halogens is 1. The molecule has 5 rings (SSSR count). The minimum atomic E-state index is -0.223. The second kappa shape index (κ2) is 8.00. The average Bonchev–Trinajstić information content (AvgIpc) is 3.18. The topological polar surface area (TPSA) is 47.5 Å². The van der Waals surface area contributed by atoms with Gasteiger partial charge in [-0.05, 0) is 55.3 Å². The van der Waals surface area contributed by atoms with Gasteiger partial charge in [-0.15, -0.1) is 11.8 Å². The molecule has 3 aromatic rings. The fourth-order valence-corrected chi connectivity index (χ4v) is 4.75. The van der Waals surface area contributed by atoms with Gasteiger partial charge in [-0.3, -0.25) is 4.98 Å². The molecule has 148 valence electrons. The minimum Gasteiger partial charge on any atom is -0.437 e. The predicted molar refractivity (Wildman–Crippen MR) is 111 cm³/mol. The molecule has 0 saturated carbocycles. The molecule has 7 heteroatoms. The number of aromatic nitrogens is 2. The molecule has 2 aromatic carbocycles. The molecular weight excluding hydrogens is 389 g/mol. The minimum absolute atomic E-state index is 0.223. The summed E-state index contributed by atoms with van der Waals surface area (Å²) in [6, 6.07) is 12.7. The van der Waals surface area contributed by atoms with Gasteiger partial charge in [-0.1, -0.05) is 0 Å². The van der Waals surface area contributed by atoms with Gasteiger partial charge in [0.1, 0.15) is 17.3 Å². The Morgan fingerprint density at radius 2 is 1.83 bits per heavy atom. The first-order valence-corrected chi connectivity index (χ1v) is 10.6. The summed E-state index contributed by atoms with van der Waals surface area (Å²) in [7, 11) is 0. The summed E-state index contributed by atoms with van der Waals surface area (Å²) in [5.74, 6) is 2.10. The van der Waals surface area contributed by atoms with E-state index in [9.17, 15) is 4.39 Å². The van der Waals surface area contributed by atoms with Crippen LogP contribution in [0.2, 0.25) is 0 Å². The van der Waals surface area contributed by atoms with Gasteiger partial charge in [-0.2, -0.15) is 0 Å². The van der Waals surface area contributed by atoms with Gasteiger partial charge >= 0.3 is 0 Å². The molecule has 0 N–H and O–H groups in total. The lowest BCUT2D eigenvalue weighted by Gasteiger charge is -2.22. The number of ether oxygens (including phenoxy) is 2. The number of hydrogen-bond donors (Lipinski definition) is 0. The van der Waals surface area contributed by atoms with Crippen LogP contribution in [-0.4, -0.2) is 29.1 Å². The number of hydrogen-bond acceptors (Lipinski definition) is 6. The van der Waals surface area contributed by atoms with Crippen LogP contribution in [0, 0.1) is 5.82 Å². The Morgan fingerprint density at radius 3 is 2.66 bits per heavy atom. The smallest absolute Gasteiger partial charge is 0.241 e. The van der Waals surface area contributed by atoms with Crippen molar-refractivity contribution in [3.8, 4) is 11.6 Å². The molecule has 0 bridgehead atoms. The second-order valence-corrected chi connectivity index (χ2v) is 8.03. The molecule has 0 aliphatic carbocycles. The quantitative estimate of drug-likeness (QED) is 0.567. The first kappa shape index (κ1) is 18.4. The molecule has 3 heterocycles. The van der Waals surface area contributed by atoms with Crippen LogP contribution < -0.4 is 9.64 Å². The van der Waals surface area contributed by atoms with Crippen molar-refractivity contribution in [1.29, 1.82) is 0 Å². The molecule has 0 spiro atoms. The zero-order valence-corrected chi connectivity index (χ0v) is 16.6. The summed E-state index contributed by atoms with van der Waals surface area (Å²) in [5, 5.41) is 0.